The average Bonchev–Trinajstić information content (AvgIpc) is 2.33. The molecular weight excluding hydrogens is 202 g/mol. The molecule has 0 aromatic heterocycles. The summed E-state index contributed by atoms with van der Waals surface area (Å²) in [7, 11) is 1.67. The monoisotopic (exact) mass is 221 g/mol. The summed E-state index contributed by atoms with van der Waals surface area (Å²) in [5, 5.41) is 13.2. The van der Waals surface area contributed by atoms with Crippen LogP contribution in [-0.2, 0) is 6.42 Å². The molecule has 1 fully saturated rings. The van der Waals surface area contributed by atoms with Gasteiger partial charge in [-0.3, -0.25) is 0 Å². The van der Waals surface area contributed by atoms with E-state index in [1.54, 1.807) is 7.11 Å². The van der Waals surface area contributed by atoms with Crippen LogP contribution in [0.3, 0.4) is 0 Å². The van der Waals surface area contributed by atoms with E-state index in [2.05, 4.69) is 17.4 Å². The summed E-state index contributed by atoms with van der Waals surface area (Å²) in [5.74, 6) is 1.22. The Morgan fingerprint density at radius 2 is 2.12 bits per heavy atom. The van der Waals surface area contributed by atoms with Crippen molar-refractivity contribution in [1.29, 1.82) is 0 Å². The number of nitrogens with one attached hydrogen (secondary N) is 1. The second-order valence-corrected chi connectivity index (χ2v) is 4.37. The molecule has 1 aromatic rings. The van der Waals surface area contributed by atoms with Crippen molar-refractivity contribution in [2.45, 2.75) is 18.9 Å². The number of rotatable bonds is 3. The van der Waals surface area contributed by atoms with E-state index in [-0.39, 0.29) is 6.10 Å². The minimum absolute atomic E-state index is 0.164. The van der Waals surface area contributed by atoms with Crippen molar-refractivity contribution in [3.63, 3.8) is 0 Å². The summed E-state index contributed by atoms with van der Waals surface area (Å²) < 4.78 is 5.12. The molecule has 3 heteroatoms. The van der Waals surface area contributed by atoms with Gasteiger partial charge in [-0.25, -0.2) is 0 Å². The molecule has 0 radical (unpaired) electrons. The molecule has 0 bridgehead atoms. The van der Waals surface area contributed by atoms with Crippen LogP contribution in [-0.4, -0.2) is 31.4 Å². The zero-order chi connectivity index (χ0) is 11.4. The lowest BCUT2D eigenvalue weighted by Gasteiger charge is -2.28. The highest BCUT2D eigenvalue weighted by Gasteiger charge is 2.22. The second-order valence-electron chi connectivity index (χ2n) is 4.37. The summed E-state index contributed by atoms with van der Waals surface area (Å²) >= 11 is 0. The molecule has 88 valence electrons. The molecule has 1 aromatic carbocycles. The van der Waals surface area contributed by atoms with Crippen LogP contribution in [0.4, 0.5) is 0 Å². The van der Waals surface area contributed by atoms with Gasteiger partial charge in [0, 0.05) is 12.5 Å². The molecule has 1 aliphatic heterocycles. The number of aliphatic hydroxyl groups excluding tert-OH is 1. The minimum Gasteiger partial charge on any atom is -0.497 e. The second kappa shape index (κ2) is 5.32. The fourth-order valence-corrected chi connectivity index (χ4v) is 2.18. The number of piperidine rings is 1. The van der Waals surface area contributed by atoms with E-state index in [1.165, 1.54) is 5.56 Å². The molecule has 1 heterocycles. The molecule has 1 aliphatic rings. The Hall–Kier alpha value is -1.06. The van der Waals surface area contributed by atoms with Crippen LogP contribution < -0.4 is 10.1 Å². The zero-order valence-corrected chi connectivity index (χ0v) is 9.65. The first-order valence-electron chi connectivity index (χ1n) is 5.81. The molecule has 2 unspecified atom stereocenters. The smallest absolute Gasteiger partial charge is 0.118 e. The fourth-order valence-electron chi connectivity index (χ4n) is 2.18. The van der Waals surface area contributed by atoms with E-state index in [0.29, 0.717) is 5.92 Å². The zero-order valence-electron chi connectivity index (χ0n) is 9.65. The van der Waals surface area contributed by atoms with E-state index >= 15 is 0 Å². The van der Waals surface area contributed by atoms with Crippen molar-refractivity contribution in [1.82, 2.24) is 5.32 Å². The SMILES string of the molecule is COc1ccc(CC2CNCCC2O)cc1. The van der Waals surface area contributed by atoms with Gasteiger partial charge in [-0.2, -0.15) is 0 Å². The fraction of sp³-hybridized carbons (Fsp3) is 0.538. The van der Waals surface area contributed by atoms with Crippen LogP contribution in [0.25, 0.3) is 0 Å². The van der Waals surface area contributed by atoms with E-state index in [1.807, 2.05) is 12.1 Å². The lowest BCUT2D eigenvalue weighted by atomic mass is 9.90. The molecule has 2 rings (SSSR count). The van der Waals surface area contributed by atoms with Crippen LogP contribution in [0.5, 0.6) is 5.75 Å². The molecule has 2 N–H and O–H groups in total. The van der Waals surface area contributed by atoms with Gasteiger partial charge in [0.2, 0.25) is 0 Å². The first kappa shape index (κ1) is 11.4. The molecule has 0 amide bonds. The first-order valence-corrected chi connectivity index (χ1v) is 5.81. The summed E-state index contributed by atoms with van der Waals surface area (Å²) in [4.78, 5) is 0. The molecule has 1 saturated heterocycles. The number of aliphatic hydroxyl groups is 1. The van der Waals surface area contributed by atoms with Crippen molar-refractivity contribution in [2.75, 3.05) is 20.2 Å². The normalized spacial score (nSPS) is 25.4. The Kier molecular flexibility index (Phi) is 3.80. The highest BCUT2D eigenvalue weighted by molar-refractivity contribution is 5.27. The predicted octanol–water partition coefficient (Wildman–Crippen LogP) is 1.21. The predicted molar refractivity (Wildman–Crippen MR) is 63.7 cm³/mol. The lowest BCUT2D eigenvalue weighted by Crippen LogP contribution is -2.40. The molecule has 0 spiro atoms. The van der Waals surface area contributed by atoms with Gasteiger partial charge in [-0.1, -0.05) is 12.1 Å². The third-order valence-corrected chi connectivity index (χ3v) is 3.22. The lowest BCUT2D eigenvalue weighted by molar-refractivity contribution is 0.0791. The van der Waals surface area contributed by atoms with Crippen molar-refractivity contribution in [3.8, 4) is 5.75 Å². The van der Waals surface area contributed by atoms with Crippen LogP contribution in [0.1, 0.15) is 12.0 Å². The number of ether oxygens (including phenoxy) is 1. The Bertz CT molecular complexity index is 323. The van der Waals surface area contributed by atoms with Crippen LogP contribution >= 0.6 is 0 Å². The quantitative estimate of drug-likeness (QED) is 0.806. The van der Waals surface area contributed by atoms with Gasteiger partial charge in [0.1, 0.15) is 5.75 Å². The average molecular weight is 221 g/mol. The van der Waals surface area contributed by atoms with Crippen molar-refractivity contribution in [2.24, 2.45) is 5.92 Å². The maximum absolute atomic E-state index is 9.87. The maximum Gasteiger partial charge on any atom is 0.118 e. The Labute approximate surface area is 96.4 Å². The molecule has 0 saturated carbocycles. The van der Waals surface area contributed by atoms with Crippen molar-refractivity contribution in [3.05, 3.63) is 29.8 Å². The number of hydrogen-bond donors (Lipinski definition) is 2. The molecule has 3 nitrogen and oxygen atoms in total. The van der Waals surface area contributed by atoms with Gasteiger partial charge < -0.3 is 15.2 Å². The Balaban J connectivity index is 1.96. The largest absolute Gasteiger partial charge is 0.497 e. The highest BCUT2D eigenvalue weighted by atomic mass is 16.5. The van der Waals surface area contributed by atoms with Gasteiger partial charge in [-0.15, -0.1) is 0 Å². The molecule has 2 atom stereocenters. The third kappa shape index (κ3) is 2.74. The van der Waals surface area contributed by atoms with Crippen LogP contribution in [0, 0.1) is 5.92 Å². The first-order chi connectivity index (χ1) is 7.79. The van der Waals surface area contributed by atoms with Crippen LogP contribution in [0.2, 0.25) is 0 Å². The van der Waals surface area contributed by atoms with Gasteiger partial charge in [0.25, 0.3) is 0 Å². The summed E-state index contributed by atoms with van der Waals surface area (Å²) in [5.41, 5.74) is 1.26. The van der Waals surface area contributed by atoms with Crippen LogP contribution in [0.15, 0.2) is 24.3 Å². The number of hydrogen-bond acceptors (Lipinski definition) is 3. The number of methoxy groups -OCH3 is 1. The van der Waals surface area contributed by atoms with E-state index in [0.717, 1.165) is 31.7 Å². The number of benzene rings is 1. The maximum atomic E-state index is 9.87. The van der Waals surface area contributed by atoms with Gasteiger partial charge in [0.15, 0.2) is 0 Å². The van der Waals surface area contributed by atoms with Crippen molar-refractivity contribution < 1.29 is 9.84 Å². The Morgan fingerprint density at radius 1 is 1.38 bits per heavy atom. The molecule has 0 aliphatic carbocycles. The topological polar surface area (TPSA) is 41.5 Å². The molecule has 16 heavy (non-hydrogen) atoms. The Morgan fingerprint density at radius 3 is 2.75 bits per heavy atom. The third-order valence-electron chi connectivity index (χ3n) is 3.22. The standard InChI is InChI=1S/C13H19NO2/c1-16-12-4-2-10(3-5-12)8-11-9-14-7-6-13(11)15/h2-5,11,13-15H,6-9H2,1H3. The van der Waals surface area contributed by atoms with E-state index in [9.17, 15) is 5.11 Å². The highest BCUT2D eigenvalue weighted by Crippen LogP contribution is 2.19. The summed E-state index contributed by atoms with van der Waals surface area (Å²) in [6, 6.07) is 8.08. The van der Waals surface area contributed by atoms with E-state index in [4.69, 9.17) is 4.74 Å². The summed E-state index contributed by atoms with van der Waals surface area (Å²) in [6.07, 6.45) is 1.63. The van der Waals surface area contributed by atoms with Gasteiger partial charge >= 0.3 is 0 Å². The van der Waals surface area contributed by atoms with Gasteiger partial charge in [-0.05, 0) is 37.1 Å². The molecular formula is C13H19NO2. The van der Waals surface area contributed by atoms with E-state index < -0.39 is 0 Å². The van der Waals surface area contributed by atoms with Crippen molar-refractivity contribution >= 4 is 0 Å². The van der Waals surface area contributed by atoms with Gasteiger partial charge in [0.05, 0.1) is 13.2 Å². The summed E-state index contributed by atoms with van der Waals surface area (Å²) in [6.45, 7) is 1.84. The minimum atomic E-state index is -0.164.